The number of carbonyl (C=O) groups is 2. The lowest BCUT2D eigenvalue weighted by molar-refractivity contribution is -0.139. The molecule has 0 unspecified atom stereocenters. The highest BCUT2D eigenvalue weighted by Gasteiger charge is 2.44. The van der Waals surface area contributed by atoms with Gasteiger partial charge in [0.15, 0.2) is 0 Å². The maximum absolute atomic E-state index is 13.1. The first-order valence-electron chi connectivity index (χ1n) is 11.6. The lowest BCUT2D eigenvalue weighted by Gasteiger charge is -2.48. The minimum atomic E-state index is -0.773. The van der Waals surface area contributed by atoms with Crippen molar-refractivity contribution in [3.63, 3.8) is 0 Å². The molecule has 1 aliphatic heterocycles. The molecule has 0 spiro atoms. The summed E-state index contributed by atoms with van der Waals surface area (Å²) in [7, 11) is 0. The molecule has 176 valence electrons. The Morgan fingerprint density at radius 3 is 2.50 bits per heavy atom. The van der Waals surface area contributed by atoms with Gasteiger partial charge in [-0.3, -0.25) is 9.69 Å². The third kappa shape index (κ3) is 5.31. The zero-order valence-electron chi connectivity index (χ0n) is 20.2. The molecule has 1 atom stereocenters. The average Bonchev–Trinajstić information content (AvgIpc) is 2.62. The summed E-state index contributed by atoms with van der Waals surface area (Å²) in [5.41, 5.74) is 2.84. The molecule has 1 saturated carbocycles. The number of carboxylic acids is 1. The maximum Gasteiger partial charge on any atom is 0.322 e. The van der Waals surface area contributed by atoms with E-state index in [0.29, 0.717) is 0 Å². The van der Waals surface area contributed by atoms with Crippen molar-refractivity contribution in [3.8, 4) is 0 Å². The lowest BCUT2D eigenvalue weighted by atomic mass is 9.75. The second-order valence-corrected chi connectivity index (χ2v) is 11.6. The van der Waals surface area contributed by atoms with Gasteiger partial charge in [0.25, 0.3) is 0 Å². The van der Waals surface area contributed by atoms with Crippen LogP contribution in [0.5, 0.6) is 0 Å². The number of aliphatic carboxylic acids is 1. The number of hydrogen-bond donors (Lipinski definition) is 2. The van der Waals surface area contributed by atoms with Gasteiger partial charge >= 0.3 is 12.0 Å². The van der Waals surface area contributed by atoms with Gasteiger partial charge in [0.05, 0.1) is 5.54 Å². The van der Waals surface area contributed by atoms with Crippen molar-refractivity contribution in [2.24, 2.45) is 17.3 Å². The highest BCUT2D eigenvalue weighted by molar-refractivity contribution is 6.31. The molecule has 0 saturated heterocycles. The topological polar surface area (TPSA) is 69.6 Å². The smallest absolute Gasteiger partial charge is 0.322 e. The average molecular weight is 461 g/mol. The van der Waals surface area contributed by atoms with E-state index in [0.717, 1.165) is 47.4 Å². The first-order chi connectivity index (χ1) is 14.8. The fraction of sp³-hybridized carbons (Fsp3) is 0.615. The van der Waals surface area contributed by atoms with Gasteiger partial charge in [0.2, 0.25) is 0 Å². The van der Waals surface area contributed by atoms with Crippen LogP contribution in [0.1, 0.15) is 78.4 Å². The van der Waals surface area contributed by atoms with E-state index in [9.17, 15) is 9.59 Å². The number of aryl methyl sites for hydroxylation is 1. The Morgan fingerprint density at radius 1 is 1.31 bits per heavy atom. The van der Waals surface area contributed by atoms with Gasteiger partial charge in [0.1, 0.15) is 0 Å². The summed E-state index contributed by atoms with van der Waals surface area (Å²) in [5.74, 6) is -0.406. The summed E-state index contributed by atoms with van der Waals surface area (Å²) >= 11 is 6.68. The van der Waals surface area contributed by atoms with Crippen LogP contribution in [0.2, 0.25) is 5.02 Å². The summed E-state index contributed by atoms with van der Waals surface area (Å²) in [4.78, 5) is 25.8. The number of urea groups is 1. The van der Waals surface area contributed by atoms with Crippen LogP contribution in [0.15, 0.2) is 30.0 Å². The van der Waals surface area contributed by atoms with Gasteiger partial charge in [-0.05, 0) is 72.6 Å². The van der Waals surface area contributed by atoms with Crippen molar-refractivity contribution in [3.05, 3.63) is 46.1 Å². The highest BCUT2D eigenvalue weighted by atomic mass is 35.5. The van der Waals surface area contributed by atoms with E-state index < -0.39 is 11.5 Å². The second kappa shape index (κ2) is 9.09. The van der Waals surface area contributed by atoms with Gasteiger partial charge in [-0.15, -0.1) is 0 Å². The molecule has 0 aromatic heterocycles. The minimum Gasteiger partial charge on any atom is -0.481 e. The van der Waals surface area contributed by atoms with Crippen LogP contribution in [-0.4, -0.2) is 28.0 Å². The molecule has 1 aliphatic carbocycles. The Balaban J connectivity index is 1.84. The zero-order chi connectivity index (χ0) is 23.8. The number of nitrogens with zero attached hydrogens (tertiary/aromatic N) is 1. The molecule has 1 heterocycles. The van der Waals surface area contributed by atoms with Crippen LogP contribution < -0.4 is 5.32 Å². The molecule has 2 aliphatic rings. The van der Waals surface area contributed by atoms with Crippen LogP contribution in [0.3, 0.4) is 0 Å². The van der Waals surface area contributed by atoms with Gasteiger partial charge < -0.3 is 10.4 Å². The molecule has 1 aromatic carbocycles. The zero-order valence-corrected chi connectivity index (χ0v) is 20.9. The monoisotopic (exact) mass is 460 g/mol. The van der Waals surface area contributed by atoms with Gasteiger partial charge in [-0.2, -0.15) is 0 Å². The van der Waals surface area contributed by atoms with Crippen molar-refractivity contribution in [1.29, 1.82) is 0 Å². The number of nitrogens with one attached hydrogen (secondary N) is 1. The van der Waals surface area contributed by atoms with Crippen molar-refractivity contribution < 1.29 is 14.7 Å². The summed E-state index contributed by atoms with van der Waals surface area (Å²) in [5, 5.41) is 13.0. The van der Waals surface area contributed by atoms with Crippen LogP contribution in [0, 0.1) is 17.3 Å². The van der Waals surface area contributed by atoms with E-state index in [-0.39, 0.29) is 35.7 Å². The Hall–Kier alpha value is -2.01. The van der Waals surface area contributed by atoms with Gasteiger partial charge in [-0.25, -0.2) is 4.79 Å². The van der Waals surface area contributed by atoms with E-state index in [1.165, 1.54) is 0 Å². The molecule has 0 bridgehead atoms. The third-order valence-corrected chi connectivity index (χ3v) is 7.26. The summed E-state index contributed by atoms with van der Waals surface area (Å²) in [6, 6.07) is 6.10. The number of hydrogen-bond acceptors (Lipinski definition) is 2. The summed E-state index contributed by atoms with van der Waals surface area (Å²) in [6.45, 7) is 13.0. The summed E-state index contributed by atoms with van der Waals surface area (Å²) < 4.78 is 0. The molecule has 0 radical (unpaired) electrons. The molecule has 1 aromatic rings. The largest absolute Gasteiger partial charge is 0.481 e. The maximum atomic E-state index is 13.1. The standard InChI is InChI=1S/C26H37ClN2O3/c1-16(2)21-15-29(20-11-17(12-20)13-23(30)31)24(32)28-26(21,6)19-8-7-18(22(27)14-19)9-10-25(3,4)5/h7-8,14-17,20H,9-13H2,1-6H3,(H,28,32)(H,30,31)/t17-,20-,26-/m1/s1. The van der Waals surface area contributed by atoms with Crippen molar-refractivity contribution >= 4 is 23.6 Å². The van der Waals surface area contributed by atoms with Gasteiger partial charge in [-0.1, -0.05) is 58.4 Å². The van der Waals surface area contributed by atoms with E-state index >= 15 is 0 Å². The van der Waals surface area contributed by atoms with Crippen LogP contribution in [0.4, 0.5) is 4.79 Å². The summed E-state index contributed by atoms with van der Waals surface area (Å²) in [6.07, 6.45) is 5.60. The Labute approximate surface area is 197 Å². The van der Waals surface area contributed by atoms with Crippen molar-refractivity contribution in [1.82, 2.24) is 10.2 Å². The Kier molecular flexibility index (Phi) is 6.99. The molecule has 32 heavy (non-hydrogen) atoms. The molecule has 6 heteroatoms. The predicted molar refractivity (Wildman–Crippen MR) is 129 cm³/mol. The predicted octanol–water partition coefficient (Wildman–Crippen LogP) is 6.35. The highest BCUT2D eigenvalue weighted by Crippen LogP contribution is 2.42. The minimum absolute atomic E-state index is 0.0565. The lowest BCUT2D eigenvalue weighted by Crippen LogP contribution is -2.58. The Morgan fingerprint density at radius 2 is 1.97 bits per heavy atom. The SMILES string of the molecule is CC(C)C1=CN([C@H]2C[C@H](CC(=O)O)C2)C(=O)N[C@]1(C)c1ccc(CCC(C)(C)C)c(Cl)c1. The molecular formula is C26H37ClN2O3. The van der Waals surface area contributed by atoms with Crippen molar-refractivity contribution in [2.45, 2.75) is 85.2 Å². The molecule has 5 nitrogen and oxygen atoms in total. The molecular weight excluding hydrogens is 424 g/mol. The van der Waals surface area contributed by atoms with E-state index in [1.807, 2.05) is 19.2 Å². The van der Waals surface area contributed by atoms with Crippen LogP contribution in [-0.2, 0) is 16.8 Å². The van der Waals surface area contributed by atoms with E-state index in [2.05, 4.69) is 52.1 Å². The van der Waals surface area contributed by atoms with E-state index in [1.54, 1.807) is 4.90 Å². The van der Waals surface area contributed by atoms with Crippen LogP contribution >= 0.6 is 11.6 Å². The fourth-order valence-electron chi connectivity index (χ4n) is 4.84. The number of carboxylic acid groups (broad SMARTS) is 1. The fourth-order valence-corrected chi connectivity index (χ4v) is 5.11. The van der Waals surface area contributed by atoms with Crippen LogP contribution in [0.25, 0.3) is 0 Å². The van der Waals surface area contributed by atoms with Gasteiger partial charge in [0, 0.05) is 23.7 Å². The Bertz CT molecular complexity index is 912. The van der Waals surface area contributed by atoms with Crippen molar-refractivity contribution in [2.75, 3.05) is 0 Å². The quantitative estimate of drug-likeness (QED) is 0.497. The molecule has 1 fully saturated rings. The first-order valence-corrected chi connectivity index (χ1v) is 12.0. The number of benzene rings is 1. The third-order valence-electron chi connectivity index (χ3n) is 6.91. The number of carbonyl (C=O) groups excluding carboxylic acids is 1. The van der Waals surface area contributed by atoms with E-state index in [4.69, 9.17) is 16.7 Å². The molecule has 2 amide bonds. The molecule has 3 rings (SSSR count). The number of rotatable bonds is 7. The first kappa shape index (κ1) is 24.6. The molecule has 2 N–H and O–H groups in total. The number of halogens is 1. The normalized spacial score (nSPS) is 25.9. The number of amides is 2. The second-order valence-electron chi connectivity index (χ2n) is 11.2.